The maximum Gasteiger partial charge on any atom is 0.244 e. The van der Waals surface area contributed by atoms with Crippen molar-refractivity contribution in [1.29, 1.82) is 0 Å². The Hall–Kier alpha value is -1.14. The Morgan fingerprint density at radius 3 is 2.85 bits per heavy atom. The largest absolute Gasteiger partial charge is 0.384 e. The molecule has 0 saturated carbocycles. The van der Waals surface area contributed by atoms with Gasteiger partial charge in [0.25, 0.3) is 0 Å². The first-order chi connectivity index (χ1) is 9.59. The molecule has 1 N–H and O–H groups in total. The molecule has 0 amide bonds. The van der Waals surface area contributed by atoms with Gasteiger partial charge in [0.2, 0.25) is 10.0 Å². The molecule has 1 unspecified atom stereocenters. The molecule has 20 heavy (non-hydrogen) atoms. The van der Waals surface area contributed by atoms with Gasteiger partial charge in [-0.15, -0.1) is 0 Å². The summed E-state index contributed by atoms with van der Waals surface area (Å²) in [6.45, 7) is 5.38. The highest BCUT2D eigenvalue weighted by molar-refractivity contribution is 7.89. The average Bonchev–Trinajstić information content (AvgIpc) is 2.48. The van der Waals surface area contributed by atoms with Gasteiger partial charge in [0.1, 0.15) is 4.90 Å². The van der Waals surface area contributed by atoms with E-state index < -0.39 is 10.0 Å². The van der Waals surface area contributed by atoms with Crippen molar-refractivity contribution in [2.75, 3.05) is 18.4 Å². The molecule has 0 bridgehead atoms. The summed E-state index contributed by atoms with van der Waals surface area (Å²) in [6, 6.07) is 1.80. The van der Waals surface area contributed by atoms with Gasteiger partial charge in [-0.05, 0) is 32.3 Å². The zero-order valence-corrected chi connectivity index (χ0v) is 13.0. The number of hydrogen-bond acceptors (Lipinski definition) is 4. The van der Waals surface area contributed by atoms with Crippen LogP contribution in [0, 0.1) is 0 Å². The van der Waals surface area contributed by atoms with Gasteiger partial charge in [-0.3, -0.25) is 4.98 Å². The summed E-state index contributed by atoms with van der Waals surface area (Å²) in [6.07, 6.45) is 6.96. The van der Waals surface area contributed by atoms with Crippen molar-refractivity contribution in [1.82, 2.24) is 9.29 Å². The van der Waals surface area contributed by atoms with Crippen LogP contribution in [0.15, 0.2) is 23.4 Å². The summed E-state index contributed by atoms with van der Waals surface area (Å²) in [5.41, 5.74) is 0.749. The molecular weight excluding hydrogens is 274 g/mol. The molecule has 112 valence electrons. The predicted octanol–water partition coefficient (Wildman–Crippen LogP) is 2.47. The summed E-state index contributed by atoms with van der Waals surface area (Å²) < 4.78 is 27.2. The van der Waals surface area contributed by atoms with E-state index in [-0.39, 0.29) is 10.9 Å². The second kappa shape index (κ2) is 6.54. The topological polar surface area (TPSA) is 62.3 Å². The fourth-order valence-electron chi connectivity index (χ4n) is 2.69. The van der Waals surface area contributed by atoms with Crippen LogP contribution >= 0.6 is 0 Å². The van der Waals surface area contributed by atoms with Gasteiger partial charge in [-0.1, -0.05) is 13.3 Å². The third-order valence-electron chi connectivity index (χ3n) is 3.75. The molecular formula is C14H23N3O2S. The SMILES string of the molecule is CCNc1cncc(S(=O)(=O)N2CCCCC2CC)c1. The minimum atomic E-state index is -3.43. The highest BCUT2D eigenvalue weighted by Gasteiger charge is 2.32. The molecule has 5 nitrogen and oxygen atoms in total. The van der Waals surface area contributed by atoms with E-state index in [1.807, 2.05) is 13.8 Å². The molecule has 1 atom stereocenters. The first-order valence-electron chi connectivity index (χ1n) is 7.30. The number of piperidine rings is 1. The maximum absolute atomic E-state index is 12.8. The molecule has 0 radical (unpaired) electrons. The third-order valence-corrected chi connectivity index (χ3v) is 5.66. The van der Waals surface area contributed by atoms with E-state index in [1.54, 1.807) is 16.6 Å². The van der Waals surface area contributed by atoms with Crippen LogP contribution in [0.1, 0.15) is 39.5 Å². The molecule has 1 saturated heterocycles. The van der Waals surface area contributed by atoms with E-state index in [4.69, 9.17) is 0 Å². The summed E-state index contributed by atoms with van der Waals surface area (Å²) in [5.74, 6) is 0. The smallest absolute Gasteiger partial charge is 0.244 e. The van der Waals surface area contributed by atoms with Crippen molar-refractivity contribution in [2.24, 2.45) is 0 Å². The lowest BCUT2D eigenvalue weighted by Gasteiger charge is -2.34. The Labute approximate surface area is 121 Å². The molecule has 0 spiro atoms. The van der Waals surface area contributed by atoms with Gasteiger partial charge in [0, 0.05) is 25.3 Å². The van der Waals surface area contributed by atoms with Crippen molar-refractivity contribution in [3.8, 4) is 0 Å². The minimum Gasteiger partial charge on any atom is -0.384 e. The van der Waals surface area contributed by atoms with Crippen LogP contribution in [-0.4, -0.2) is 36.8 Å². The minimum absolute atomic E-state index is 0.122. The van der Waals surface area contributed by atoms with Crippen LogP contribution in [0.4, 0.5) is 5.69 Å². The van der Waals surface area contributed by atoms with Gasteiger partial charge < -0.3 is 5.32 Å². The lowest BCUT2D eigenvalue weighted by Crippen LogP contribution is -2.43. The van der Waals surface area contributed by atoms with Gasteiger partial charge in [-0.2, -0.15) is 4.31 Å². The Morgan fingerprint density at radius 1 is 1.35 bits per heavy atom. The van der Waals surface area contributed by atoms with E-state index in [0.717, 1.165) is 37.9 Å². The summed E-state index contributed by atoms with van der Waals surface area (Å²) in [5, 5.41) is 3.10. The number of aromatic nitrogens is 1. The highest BCUT2D eigenvalue weighted by atomic mass is 32.2. The Morgan fingerprint density at radius 2 is 2.15 bits per heavy atom. The second-order valence-electron chi connectivity index (χ2n) is 5.11. The Kier molecular flexibility index (Phi) is 4.99. The Bertz CT molecular complexity index is 545. The fourth-order valence-corrected chi connectivity index (χ4v) is 4.45. The third kappa shape index (κ3) is 3.12. The van der Waals surface area contributed by atoms with Crippen LogP contribution in [0.2, 0.25) is 0 Å². The second-order valence-corrected chi connectivity index (χ2v) is 7.00. The monoisotopic (exact) mass is 297 g/mol. The van der Waals surface area contributed by atoms with Crippen LogP contribution in [-0.2, 0) is 10.0 Å². The number of rotatable bonds is 5. The number of pyridine rings is 1. The number of nitrogens with one attached hydrogen (secondary N) is 1. The highest BCUT2D eigenvalue weighted by Crippen LogP contribution is 2.27. The Balaban J connectivity index is 2.31. The number of nitrogens with zero attached hydrogens (tertiary/aromatic N) is 2. The van der Waals surface area contributed by atoms with Crippen LogP contribution in [0.25, 0.3) is 0 Å². The first-order valence-corrected chi connectivity index (χ1v) is 8.74. The molecule has 1 aliphatic rings. The van der Waals surface area contributed by atoms with Crippen molar-refractivity contribution >= 4 is 15.7 Å². The van der Waals surface area contributed by atoms with Gasteiger partial charge >= 0.3 is 0 Å². The molecule has 2 rings (SSSR count). The fraction of sp³-hybridized carbons (Fsp3) is 0.643. The summed E-state index contributed by atoms with van der Waals surface area (Å²) >= 11 is 0. The van der Waals surface area contributed by atoms with E-state index in [2.05, 4.69) is 10.3 Å². The molecule has 1 aliphatic heterocycles. The molecule has 6 heteroatoms. The number of sulfonamides is 1. The van der Waals surface area contributed by atoms with Gasteiger partial charge in [0.15, 0.2) is 0 Å². The van der Waals surface area contributed by atoms with Crippen molar-refractivity contribution < 1.29 is 8.42 Å². The maximum atomic E-state index is 12.8. The summed E-state index contributed by atoms with van der Waals surface area (Å²) in [4.78, 5) is 4.34. The predicted molar refractivity (Wildman–Crippen MR) is 80.2 cm³/mol. The molecule has 1 aromatic heterocycles. The zero-order chi connectivity index (χ0) is 14.6. The number of anilines is 1. The normalized spacial score (nSPS) is 20.8. The summed E-state index contributed by atoms with van der Waals surface area (Å²) in [7, 11) is -3.43. The lowest BCUT2D eigenvalue weighted by molar-refractivity contribution is 0.246. The molecule has 1 fully saturated rings. The van der Waals surface area contributed by atoms with Gasteiger partial charge in [0.05, 0.1) is 11.9 Å². The van der Waals surface area contributed by atoms with Gasteiger partial charge in [-0.25, -0.2) is 8.42 Å². The molecule has 2 heterocycles. The molecule has 0 aromatic carbocycles. The van der Waals surface area contributed by atoms with Crippen molar-refractivity contribution in [3.63, 3.8) is 0 Å². The van der Waals surface area contributed by atoms with Crippen LogP contribution < -0.4 is 5.32 Å². The van der Waals surface area contributed by atoms with E-state index in [0.29, 0.717) is 6.54 Å². The van der Waals surface area contributed by atoms with Crippen LogP contribution in [0.3, 0.4) is 0 Å². The number of hydrogen-bond donors (Lipinski definition) is 1. The van der Waals surface area contributed by atoms with E-state index in [1.165, 1.54) is 6.20 Å². The van der Waals surface area contributed by atoms with E-state index in [9.17, 15) is 8.42 Å². The first kappa shape index (κ1) is 15.3. The van der Waals surface area contributed by atoms with Crippen molar-refractivity contribution in [2.45, 2.75) is 50.5 Å². The molecule has 1 aromatic rings. The van der Waals surface area contributed by atoms with E-state index >= 15 is 0 Å². The quantitative estimate of drug-likeness (QED) is 0.907. The zero-order valence-electron chi connectivity index (χ0n) is 12.2. The lowest BCUT2D eigenvalue weighted by atomic mass is 10.0. The van der Waals surface area contributed by atoms with Crippen molar-refractivity contribution in [3.05, 3.63) is 18.5 Å². The standard InChI is InChI=1S/C14H23N3O2S/c1-3-13-7-5-6-8-17(13)20(18,19)14-9-12(16-4-2)10-15-11-14/h9-11,13,16H,3-8H2,1-2H3. The molecule has 0 aliphatic carbocycles. The van der Waals surface area contributed by atoms with Crippen LogP contribution in [0.5, 0.6) is 0 Å². The average molecular weight is 297 g/mol.